The molecule has 4 bridgehead atoms. The van der Waals surface area contributed by atoms with E-state index in [0.29, 0.717) is 16.7 Å². The second-order valence-corrected chi connectivity index (χ2v) is 10.3. The lowest BCUT2D eigenvalue weighted by molar-refractivity contribution is -0.00518. The summed E-state index contributed by atoms with van der Waals surface area (Å²) in [5, 5.41) is 0. The highest BCUT2D eigenvalue weighted by Crippen LogP contribution is 2.60. The summed E-state index contributed by atoms with van der Waals surface area (Å²) in [7, 11) is 0. The van der Waals surface area contributed by atoms with Gasteiger partial charge in [0.25, 0.3) is 0 Å². The van der Waals surface area contributed by atoms with E-state index < -0.39 is 0 Å². The molecule has 3 aromatic carbocycles. The monoisotopic (exact) mass is 435 g/mol. The number of rotatable bonds is 5. The van der Waals surface area contributed by atoms with Gasteiger partial charge in [0.05, 0.1) is 11.3 Å². The first kappa shape index (κ1) is 20.4. The number of benzene rings is 3. The summed E-state index contributed by atoms with van der Waals surface area (Å²) in [6.45, 7) is 0. The van der Waals surface area contributed by atoms with Gasteiger partial charge < -0.3 is 4.74 Å². The number of esters is 1. The number of hydrogen-bond donors (Lipinski definition) is 0. The number of ether oxygens (including phenoxy) is 1. The van der Waals surface area contributed by atoms with Crippen LogP contribution in [0, 0.1) is 17.8 Å². The molecule has 4 aliphatic carbocycles. The molecule has 4 saturated carbocycles. The third-order valence-electron chi connectivity index (χ3n) is 7.98. The fourth-order valence-electron chi connectivity index (χ4n) is 6.88. The Hall–Kier alpha value is -3.20. The zero-order chi connectivity index (χ0) is 22.3. The number of aliphatic imine (C=N–C) groups is 1. The smallest absolute Gasteiger partial charge is 0.343 e. The van der Waals surface area contributed by atoms with Crippen molar-refractivity contribution in [2.24, 2.45) is 22.7 Å². The molecule has 0 aromatic heterocycles. The Balaban J connectivity index is 1.11. The molecular weight excluding hydrogens is 406 g/mol. The quantitative estimate of drug-likeness (QED) is 0.243. The lowest BCUT2D eigenvalue weighted by atomic mass is 9.48. The number of carbonyl (C=O) groups is 1. The molecule has 3 heteroatoms. The van der Waals surface area contributed by atoms with Crippen LogP contribution in [-0.4, -0.2) is 12.2 Å². The standard InChI is InChI=1S/C30H29NO2/c32-29(25-4-2-1-3-5-25)33-28-12-6-21(7-13-28)20-31-27-10-8-26(9-11-27)30-17-22-14-23(18-30)16-24(15-22)19-30/h1-13,20,22-24H,14-19H2. The van der Waals surface area contributed by atoms with Gasteiger partial charge in [-0.15, -0.1) is 0 Å². The summed E-state index contributed by atoms with van der Waals surface area (Å²) in [5.41, 5.74) is 4.46. The third kappa shape index (κ3) is 4.13. The Bertz CT molecular complexity index is 1130. The molecule has 4 fully saturated rings. The predicted octanol–water partition coefficient (Wildman–Crippen LogP) is 7.12. The van der Waals surface area contributed by atoms with Crippen molar-refractivity contribution in [2.45, 2.75) is 43.9 Å². The fraction of sp³-hybridized carbons (Fsp3) is 0.333. The Morgan fingerprint density at radius 2 is 1.39 bits per heavy atom. The molecule has 0 amide bonds. The van der Waals surface area contributed by atoms with Crippen LogP contribution in [-0.2, 0) is 5.41 Å². The maximum atomic E-state index is 12.2. The minimum atomic E-state index is -0.351. The van der Waals surface area contributed by atoms with E-state index in [4.69, 9.17) is 4.74 Å². The molecule has 4 aliphatic rings. The van der Waals surface area contributed by atoms with Gasteiger partial charge in [0.1, 0.15) is 5.75 Å². The lowest BCUT2D eigenvalue weighted by Crippen LogP contribution is -2.48. The van der Waals surface area contributed by atoms with Gasteiger partial charge in [-0.2, -0.15) is 0 Å². The van der Waals surface area contributed by atoms with Crippen LogP contribution in [0.5, 0.6) is 5.75 Å². The Labute approximate surface area is 195 Å². The second kappa shape index (κ2) is 8.30. The highest BCUT2D eigenvalue weighted by molar-refractivity contribution is 5.91. The van der Waals surface area contributed by atoms with Gasteiger partial charge in [-0.3, -0.25) is 4.99 Å². The van der Waals surface area contributed by atoms with Crippen LogP contribution in [0.4, 0.5) is 5.69 Å². The van der Waals surface area contributed by atoms with Crippen molar-refractivity contribution >= 4 is 17.9 Å². The lowest BCUT2D eigenvalue weighted by Gasteiger charge is -2.57. The average Bonchev–Trinajstić information content (AvgIpc) is 2.84. The van der Waals surface area contributed by atoms with E-state index in [1.54, 1.807) is 24.3 Å². The summed E-state index contributed by atoms with van der Waals surface area (Å²) >= 11 is 0. The molecule has 3 aromatic rings. The van der Waals surface area contributed by atoms with Crippen LogP contribution >= 0.6 is 0 Å². The molecule has 0 spiro atoms. The first-order valence-electron chi connectivity index (χ1n) is 12.2. The maximum Gasteiger partial charge on any atom is 0.343 e. The first-order chi connectivity index (χ1) is 16.1. The van der Waals surface area contributed by atoms with Gasteiger partial charge in [0, 0.05) is 6.21 Å². The normalized spacial score (nSPS) is 27.7. The maximum absolute atomic E-state index is 12.2. The van der Waals surface area contributed by atoms with Gasteiger partial charge in [0.15, 0.2) is 0 Å². The summed E-state index contributed by atoms with van der Waals surface area (Å²) in [6, 6.07) is 25.5. The van der Waals surface area contributed by atoms with E-state index in [1.807, 2.05) is 36.5 Å². The van der Waals surface area contributed by atoms with Crippen LogP contribution in [0.2, 0.25) is 0 Å². The van der Waals surface area contributed by atoms with Crippen molar-refractivity contribution in [3.63, 3.8) is 0 Å². The van der Waals surface area contributed by atoms with Crippen LogP contribution in [0.15, 0.2) is 83.9 Å². The molecule has 33 heavy (non-hydrogen) atoms. The summed E-state index contributed by atoms with van der Waals surface area (Å²) in [5.74, 6) is 3.06. The zero-order valence-corrected chi connectivity index (χ0v) is 18.8. The van der Waals surface area contributed by atoms with Gasteiger partial charge >= 0.3 is 5.97 Å². The summed E-state index contributed by atoms with van der Waals surface area (Å²) in [6.07, 6.45) is 10.5. The van der Waals surface area contributed by atoms with Crippen molar-refractivity contribution in [2.75, 3.05) is 0 Å². The molecule has 3 nitrogen and oxygen atoms in total. The van der Waals surface area contributed by atoms with E-state index in [2.05, 4.69) is 29.3 Å². The number of hydrogen-bond acceptors (Lipinski definition) is 3. The van der Waals surface area contributed by atoms with E-state index in [9.17, 15) is 4.79 Å². The van der Waals surface area contributed by atoms with Crippen molar-refractivity contribution in [3.05, 3.63) is 95.6 Å². The van der Waals surface area contributed by atoms with E-state index in [1.165, 1.54) is 44.1 Å². The van der Waals surface area contributed by atoms with Gasteiger partial charge in [-0.25, -0.2) is 4.79 Å². The Kier molecular flexibility index (Phi) is 5.13. The van der Waals surface area contributed by atoms with Crippen molar-refractivity contribution < 1.29 is 9.53 Å². The SMILES string of the molecule is O=C(Oc1ccc(C=Nc2ccc(C34CC5CC(CC(C5)C3)C4)cc2)cc1)c1ccccc1. The third-order valence-corrected chi connectivity index (χ3v) is 7.98. The number of carbonyl (C=O) groups excluding carboxylic acids is 1. The largest absolute Gasteiger partial charge is 0.423 e. The van der Waals surface area contributed by atoms with E-state index in [0.717, 1.165) is 29.0 Å². The molecule has 0 radical (unpaired) electrons. The van der Waals surface area contributed by atoms with E-state index >= 15 is 0 Å². The molecule has 0 aliphatic heterocycles. The minimum Gasteiger partial charge on any atom is -0.423 e. The molecule has 0 unspecified atom stereocenters. The van der Waals surface area contributed by atoms with Crippen molar-refractivity contribution in [1.82, 2.24) is 0 Å². The molecular formula is C30H29NO2. The molecule has 0 atom stereocenters. The van der Waals surface area contributed by atoms with Gasteiger partial charge in [-0.05, 0) is 121 Å². The molecule has 0 heterocycles. The fourth-order valence-corrected chi connectivity index (χ4v) is 6.88. The van der Waals surface area contributed by atoms with Crippen LogP contribution in [0.1, 0.15) is 60.0 Å². The Morgan fingerprint density at radius 1 is 0.788 bits per heavy atom. The van der Waals surface area contributed by atoms with Crippen LogP contribution in [0.3, 0.4) is 0 Å². The highest BCUT2D eigenvalue weighted by atomic mass is 16.5. The molecule has 0 N–H and O–H groups in total. The molecule has 7 rings (SSSR count). The highest BCUT2D eigenvalue weighted by Gasteiger charge is 2.51. The summed E-state index contributed by atoms with van der Waals surface area (Å²) in [4.78, 5) is 16.9. The predicted molar refractivity (Wildman–Crippen MR) is 131 cm³/mol. The van der Waals surface area contributed by atoms with Crippen molar-refractivity contribution in [3.8, 4) is 5.75 Å². The Morgan fingerprint density at radius 3 is 2.00 bits per heavy atom. The van der Waals surface area contributed by atoms with Gasteiger partial charge in [0.2, 0.25) is 0 Å². The zero-order valence-electron chi connectivity index (χ0n) is 18.8. The first-order valence-corrected chi connectivity index (χ1v) is 12.2. The topological polar surface area (TPSA) is 38.7 Å². The van der Waals surface area contributed by atoms with Crippen LogP contribution < -0.4 is 4.74 Å². The minimum absolute atomic E-state index is 0.351. The summed E-state index contributed by atoms with van der Waals surface area (Å²) < 4.78 is 5.45. The van der Waals surface area contributed by atoms with E-state index in [-0.39, 0.29) is 5.97 Å². The van der Waals surface area contributed by atoms with Crippen molar-refractivity contribution in [1.29, 1.82) is 0 Å². The molecule has 0 saturated heterocycles. The van der Waals surface area contributed by atoms with Gasteiger partial charge in [-0.1, -0.05) is 30.3 Å². The van der Waals surface area contributed by atoms with Crippen LogP contribution in [0.25, 0.3) is 0 Å². The number of nitrogens with zero attached hydrogens (tertiary/aromatic N) is 1. The average molecular weight is 436 g/mol. The molecule has 166 valence electrons. The second-order valence-electron chi connectivity index (χ2n) is 10.3.